The highest BCUT2D eigenvalue weighted by Crippen LogP contribution is 2.11. The zero-order chi connectivity index (χ0) is 16.7. The number of carbonyl (C=O) groups excluding carboxylic acids is 2. The second-order valence-corrected chi connectivity index (χ2v) is 5.36. The Hall–Kier alpha value is -2.82. The van der Waals surface area contributed by atoms with Crippen LogP contribution in [0.1, 0.15) is 16.7 Å². The average molecular weight is 312 g/mol. The molecule has 0 aliphatic rings. The first kappa shape index (κ1) is 16.5. The van der Waals surface area contributed by atoms with Gasteiger partial charge in [-0.2, -0.15) is 0 Å². The van der Waals surface area contributed by atoms with Crippen LogP contribution in [0.15, 0.2) is 48.5 Å². The van der Waals surface area contributed by atoms with Crippen LogP contribution in [0.2, 0.25) is 0 Å². The van der Waals surface area contributed by atoms with E-state index in [0.29, 0.717) is 5.75 Å². The third-order valence-corrected chi connectivity index (χ3v) is 3.19. The van der Waals surface area contributed by atoms with E-state index in [4.69, 9.17) is 4.74 Å². The summed E-state index contributed by atoms with van der Waals surface area (Å²) in [6.07, 6.45) is 0.208. The van der Waals surface area contributed by atoms with Gasteiger partial charge in [-0.1, -0.05) is 42.0 Å². The highest BCUT2D eigenvalue weighted by Gasteiger charge is 2.06. The minimum atomic E-state index is -0.413. The first-order valence-corrected chi connectivity index (χ1v) is 7.35. The maximum absolute atomic E-state index is 11.8. The normalized spacial score (nSPS) is 10.0. The summed E-state index contributed by atoms with van der Waals surface area (Å²) in [5.74, 6) is -0.0762. The Morgan fingerprint density at radius 3 is 2.30 bits per heavy atom. The molecule has 2 aromatic carbocycles. The Morgan fingerprint density at radius 1 is 0.913 bits per heavy atom. The van der Waals surface area contributed by atoms with Crippen LogP contribution in [0, 0.1) is 13.8 Å². The predicted molar refractivity (Wildman–Crippen MR) is 87.8 cm³/mol. The highest BCUT2D eigenvalue weighted by atomic mass is 16.5. The summed E-state index contributed by atoms with van der Waals surface area (Å²) in [4.78, 5) is 23.4. The molecule has 2 rings (SSSR count). The van der Waals surface area contributed by atoms with E-state index in [2.05, 4.69) is 10.9 Å². The summed E-state index contributed by atoms with van der Waals surface area (Å²) in [5.41, 5.74) is 7.78. The molecule has 0 aliphatic carbocycles. The van der Waals surface area contributed by atoms with E-state index < -0.39 is 5.91 Å². The second-order valence-electron chi connectivity index (χ2n) is 5.36. The number of rotatable bonds is 5. The molecule has 0 saturated carbocycles. The largest absolute Gasteiger partial charge is 0.484 e. The number of benzene rings is 2. The minimum Gasteiger partial charge on any atom is -0.484 e. The van der Waals surface area contributed by atoms with Crippen molar-refractivity contribution < 1.29 is 14.3 Å². The zero-order valence-electron chi connectivity index (χ0n) is 13.3. The number of amides is 2. The van der Waals surface area contributed by atoms with Crippen molar-refractivity contribution in [3.8, 4) is 5.75 Å². The Morgan fingerprint density at radius 2 is 1.61 bits per heavy atom. The molecule has 0 bridgehead atoms. The molecule has 2 amide bonds. The molecular formula is C18H20N2O3. The number of hydrazine groups is 1. The number of hydrogen-bond donors (Lipinski definition) is 2. The number of ether oxygens (including phenoxy) is 1. The number of nitrogens with one attached hydrogen (secondary N) is 2. The molecular weight excluding hydrogens is 292 g/mol. The number of hydrogen-bond acceptors (Lipinski definition) is 3. The van der Waals surface area contributed by atoms with Crippen molar-refractivity contribution in [2.45, 2.75) is 20.3 Å². The number of carbonyl (C=O) groups is 2. The molecule has 5 heteroatoms. The summed E-state index contributed by atoms with van der Waals surface area (Å²) in [7, 11) is 0. The molecule has 5 nitrogen and oxygen atoms in total. The van der Waals surface area contributed by atoms with E-state index in [0.717, 1.165) is 16.7 Å². The van der Waals surface area contributed by atoms with Crippen LogP contribution in [0.5, 0.6) is 5.75 Å². The molecule has 23 heavy (non-hydrogen) atoms. The first-order valence-electron chi connectivity index (χ1n) is 7.35. The third-order valence-electron chi connectivity index (χ3n) is 3.19. The SMILES string of the molecule is Cc1ccc(CC(=O)NNC(=O)COc2cccc(C)c2)cc1. The quantitative estimate of drug-likeness (QED) is 0.831. The second kappa shape index (κ2) is 7.98. The van der Waals surface area contributed by atoms with Crippen LogP contribution in [-0.2, 0) is 16.0 Å². The molecule has 0 radical (unpaired) electrons. The molecule has 2 aromatic rings. The highest BCUT2D eigenvalue weighted by molar-refractivity contribution is 5.83. The van der Waals surface area contributed by atoms with Gasteiger partial charge < -0.3 is 4.74 Å². The first-order chi connectivity index (χ1) is 11.0. The van der Waals surface area contributed by atoms with E-state index in [-0.39, 0.29) is 18.9 Å². The molecule has 0 saturated heterocycles. The van der Waals surface area contributed by atoms with Crippen LogP contribution < -0.4 is 15.6 Å². The average Bonchev–Trinajstić information content (AvgIpc) is 2.53. The van der Waals surface area contributed by atoms with Gasteiger partial charge in [0.05, 0.1) is 6.42 Å². The topological polar surface area (TPSA) is 67.4 Å². The lowest BCUT2D eigenvalue weighted by Gasteiger charge is -2.09. The summed E-state index contributed by atoms with van der Waals surface area (Å²) >= 11 is 0. The van der Waals surface area contributed by atoms with Gasteiger partial charge in [-0.3, -0.25) is 20.4 Å². The third kappa shape index (κ3) is 5.82. The van der Waals surface area contributed by atoms with Crippen molar-refractivity contribution in [2.24, 2.45) is 0 Å². The Kier molecular flexibility index (Phi) is 5.74. The molecule has 120 valence electrons. The van der Waals surface area contributed by atoms with Gasteiger partial charge in [0, 0.05) is 0 Å². The van der Waals surface area contributed by atoms with Gasteiger partial charge in [0.2, 0.25) is 5.91 Å². The Labute approximate surface area is 135 Å². The van der Waals surface area contributed by atoms with Crippen LogP contribution in [0.25, 0.3) is 0 Å². The van der Waals surface area contributed by atoms with E-state index in [1.807, 2.05) is 56.3 Å². The lowest BCUT2D eigenvalue weighted by atomic mass is 10.1. The van der Waals surface area contributed by atoms with Gasteiger partial charge >= 0.3 is 0 Å². The fraction of sp³-hybridized carbons (Fsp3) is 0.222. The molecule has 2 N–H and O–H groups in total. The summed E-state index contributed by atoms with van der Waals surface area (Å²) in [6, 6.07) is 15.1. The van der Waals surface area contributed by atoms with Gasteiger partial charge in [-0.15, -0.1) is 0 Å². The van der Waals surface area contributed by atoms with Crippen molar-refractivity contribution in [3.05, 3.63) is 65.2 Å². The van der Waals surface area contributed by atoms with Gasteiger partial charge in [-0.25, -0.2) is 0 Å². The maximum atomic E-state index is 11.8. The van der Waals surface area contributed by atoms with Gasteiger partial charge in [0.15, 0.2) is 6.61 Å². The van der Waals surface area contributed by atoms with Gasteiger partial charge in [0.25, 0.3) is 5.91 Å². The van der Waals surface area contributed by atoms with Crippen LogP contribution in [-0.4, -0.2) is 18.4 Å². The van der Waals surface area contributed by atoms with E-state index >= 15 is 0 Å². The van der Waals surface area contributed by atoms with Crippen molar-refractivity contribution in [1.82, 2.24) is 10.9 Å². The standard InChI is InChI=1S/C18H20N2O3/c1-13-6-8-15(9-7-13)11-17(21)19-20-18(22)12-23-16-5-3-4-14(2)10-16/h3-10H,11-12H2,1-2H3,(H,19,21)(H,20,22). The Bertz CT molecular complexity index is 681. The van der Waals surface area contributed by atoms with Crippen LogP contribution in [0.4, 0.5) is 0 Å². The molecule has 0 atom stereocenters. The fourth-order valence-electron chi connectivity index (χ4n) is 1.97. The summed E-state index contributed by atoms with van der Waals surface area (Å²) in [6.45, 7) is 3.77. The van der Waals surface area contributed by atoms with Gasteiger partial charge in [-0.05, 0) is 37.1 Å². The smallest absolute Gasteiger partial charge is 0.276 e. The Balaban J connectivity index is 1.71. The monoisotopic (exact) mass is 312 g/mol. The van der Waals surface area contributed by atoms with Crippen molar-refractivity contribution in [2.75, 3.05) is 6.61 Å². The van der Waals surface area contributed by atoms with Crippen molar-refractivity contribution in [1.29, 1.82) is 0 Å². The lowest BCUT2D eigenvalue weighted by molar-refractivity contribution is -0.129. The molecule has 0 heterocycles. The predicted octanol–water partition coefficient (Wildman–Crippen LogP) is 2.07. The number of aryl methyl sites for hydroxylation is 2. The van der Waals surface area contributed by atoms with E-state index in [9.17, 15) is 9.59 Å². The van der Waals surface area contributed by atoms with Crippen LogP contribution in [0.3, 0.4) is 0 Å². The van der Waals surface area contributed by atoms with E-state index in [1.54, 1.807) is 6.07 Å². The van der Waals surface area contributed by atoms with Crippen molar-refractivity contribution in [3.63, 3.8) is 0 Å². The molecule has 0 unspecified atom stereocenters. The van der Waals surface area contributed by atoms with Gasteiger partial charge in [0.1, 0.15) is 5.75 Å². The lowest BCUT2D eigenvalue weighted by Crippen LogP contribution is -2.44. The van der Waals surface area contributed by atoms with Crippen LogP contribution >= 0.6 is 0 Å². The maximum Gasteiger partial charge on any atom is 0.276 e. The molecule has 0 fully saturated rings. The molecule has 0 spiro atoms. The minimum absolute atomic E-state index is 0.158. The fourth-order valence-corrected chi connectivity index (χ4v) is 1.97. The summed E-state index contributed by atoms with van der Waals surface area (Å²) < 4.78 is 5.35. The van der Waals surface area contributed by atoms with E-state index in [1.165, 1.54) is 0 Å². The zero-order valence-corrected chi connectivity index (χ0v) is 13.3. The van der Waals surface area contributed by atoms with Crippen molar-refractivity contribution >= 4 is 11.8 Å². The summed E-state index contributed by atoms with van der Waals surface area (Å²) in [5, 5.41) is 0. The molecule has 0 aliphatic heterocycles. The molecule has 0 aromatic heterocycles.